The van der Waals surface area contributed by atoms with Gasteiger partial charge in [0.05, 0.1) is 25.3 Å². The molecule has 0 saturated heterocycles. The summed E-state index contributed by atoms with van der Waals surface area (Å²) in [5.74, 6) is 1.60. The second-order valence-corrected chi connectivity index (χ2v) is 7.43. The van der Waals surface area contributed by atoms with E-state index in [1.54, 1.807) is 11.7 Å². The SMILES string of the molecule is CCCCCCOc1c(OC(C)C)c(=O)n(CCCC)c2cc(OC)ccc12. The van der Waals surface area contributed by atoms with Gasteiger partial charge in [-0.1, -0.05) is 39.5 Å². The van der Waals surface area contributed by atoms with Crippen LogP contribution in [0.5, 0.6) is 17.2 Å². The summed E-state index contributed by atoms with van der Waals surface area (Å²) in [7, 11) is 1.64. The second-order valence-electron chi connectivity index (χ2n) is 7.43. The first-order valence-electron chi connectivity index (χ1n) is 10.6. The number of pyridine rings is 1. The lowest BCUT2D eigenvalue weighted by Crippen LogP contribution is -2.25. The van der Waals surface area contributed by atoms with Crippen molar-refractivity contribution in [3.63, 3.8) is 0 Å². The minimum absolute atomic E-state index is 0.106. The van der Waals surface area contributed by atoms with Crippen molar-refractivity contribution in [2.45, 2.75) is 78.9 Å². The molecule has 0 saturated carbocycles. The van der Waals surface area contributed by atoms with Crippen LogP contribution in [0.2, 0.25) is 0 Å². The Morgan fingerprint density at radius 3 is 2.39 bits per heavy atom. The van der Waals surface area contributed by atoms with Gasteiger partial charge in [0.15, 0.2) is 5.75 Å². The fourth-order valence-electron chi connectivity index (χ4n) is 3.23. The van der Waals surface area contributed by atoms with Crippen LogP contribution in [0.25, 0.3) is 10.9 Å². The molecule has 5 nitrogen and oxygen atoms in total. The molecule has 0 atom stereocenters. The molecule has 1 aromatic heterocycles. The summed E-state index contributed by atoms with van der Waals surface area (Å²) in [5.41, 5.74) is 0.698. The van der Waals surface area contributed by atoms with E-state index in [1.807, 2.05) is 32.0 Å². The Hall–Kier alpha value is -2.17. The van der Waals surface area contributed by atoms with Crippen LogP contribution >= 0.6 is 0 Å². The molecule has 2 aromatic rings. The van der Waals surface area contributed by atoms with Gasteiger partial charge in [-0.25, -0.2) is 0 Å². The molecule has 0 bridgehead atoms. The van der Waals surface area contributed by atoms with E-state index in [0.29, 0.717) is 24.7 Å². The maximum atomic E-state index is 13.3. The van der Waals surface area contributed by atoms with Crippen LogP contribution in [0.1, 0.15) is 66.2 Å². The van der Waals surface area contributed by atoms with Crippen LogP contribution in [0, 0.1) is 0 Å². The molecule has 2 rings (SSSR count). The lowest BCUT2D eigenvalue weighted by Gasteiger charge is -2.20. The Bertz CT molecular complexity index is 810. The highest BCUT2D eigenvalue weighted by molar-refractivity contribution is 5.89. The number of ether oxygens (including phenoxy) is 3. The monoisotopic (exact) mass is 389 g/mol. The minimum atomic E-state index is -0.133. The van der Waals surface area contributed by atoms with Gasteiger partial charge in [0.25, 0.3) is 5.56 Å². The Morgan fingerprint density at radius 2 is 1.75 bits per heavy atom. The van der Waals surface area contributed by atoms with Crippen LogP contribution < -0.4 is 19.8 Å². The Kier molecular flexibility index (Phi) is 8.68. The number of rotatable bonds is 12. The van der Waals surface area contributed by atoms with E-state index < -0.39 is 0 Å². The first-order chi connectivity index (χ1) is 13.5. The molecule has 0 aliphatic heterocycles. The maximum absolute atomic E-state index is 13.3. The number of unbranched alkanes of at least 4 members (excludes halogenated alkanes) is 4. The fourth-order valence-corrected chi connectivity index (χ4v) is 3.23. The molecule has 0 radical (unpaired) electrons. The highest BCUT2D eigenvalue weighted by atomic mass is 16.5. The maximum Gasteiger partial charge on any atom is 0.297 e. The predicted molar refractivity (Wildman–Crippen MR) is 115 cm³/mol. The van der Waals surface area contributed by atoms with E-state index in [9.17, 15) is 4.79 Å². The van der Waals surface area contributed by atoms with Crippen molar-refractivity contribution in [3.8, 4) is 17.2 Å². The number of nitrogens with zero attached hydrogens (tertiary/aromatic N) is 1. The molecule has 156 valence electrons. The lowest BCUT2D eigenvalue weighted by molar-refractivity contribution is 0.216. The molecular formula is C23H35NO4. The highest BCUT2D eigenvalue weighted by Crippen LogP contribution is 2.35. The van der Waals surface area contributed by atoms with Crippen molar-refractivity contribution in [2.24, 2.45) is 0 Å². The average Bonchev–Trinajstić information content (AvgIpc) is 2.68. The van der Waals surface area contributed by atoms with Gasteiger partial charge in [0.2, 0.25) is 5.75 Å². The van der Waals surface area contributed by atoms with E-state index in [2.05, 4.69) is 13.8 Å². The molecule has 0 unspecified atom stereocenters. The van der Waals surface area contributed by atoms with Gasteiger partial charge in [0, 0.05) is 18.0 Å². The van der Waals surface area contributed by atoms with E-state index in [-0.39, 0.29) is 11.7 Å². The molecule has 0 amide bonds. The zero-order valence-electron chi connectivity index (χ0n) is 18.0. The van der Waals surface area contributed by atoms with Crippen LogP contribution in [0.15, 0.2) is 23.0 Å². The highest BCUT2D eigenvalue weighted by Gasteiger charge is 2.21. The van der Waals surface area contributed by atoms with Crippen LogP contribution in [-0.4, -0.2) is 24.4 Å². The molecule has 0 aliphatic rings. The normalized spacial score (nSPS) is 11.2. The molecule has 0 aliphatic carbocycles. The third-order valence-corrected chi connectivity index (χ3v) is 4.72. The number of hydrogen-bond acceptors (Lipinski definition) is 4. The molecule has 0 N–H and O–H groups in total. The van der Waals surface area contributed by atoms with Crippen molar-refractivity contribution in [3.05, 3.63) is 28.6 Å². The van der Waals surface area contributed by atoms with E-state index >= 15 is 0 Å². The molecule has 1 heterocycles. The lowest BCUT2D eigenvalue weighted by atomic mass is 10.1. The minimum Gasteiger partial charge on any atom is -0.497 e. The van der Waals surface area contributed by atoms with Gasteiger partial charge in [-0.2, -0.15) is 0 Å². The molecule has 0 fully saturated rings. The van der Waals surface area contributed by atoms with E-state index in [1.165, 1.54) is 12.8 Å². The van der Waals surface area contributed by atoms with Crippen molar-refractivity contribution < 1.29 is 14.2 Å². The van der Waals surface area contributed by atoms with E-state index in [4.69, 9.17) is 14.2 Å². The molecule has 28 heavy (non-hydrogen) atoms. The van der Waals surface area contributed by atoms with Crippen molar-refractivity contribution in [1.29, 1.82) is 0 Å². The first kappa shape index (κ1) is 22.1. The third kappa shape index (κ3) is 5.43. The van der Waals surface area contributed by atoms with Crippen molar-refractivity contribution >= 4 is 10.9 Å². The Morgan fingerprint density at radius 1 is 1.00 bits per heavy atom. The van der Waals surface area contributed by atoms with Gasteiger partial charge in [-0.15, -0.1) is 0 Å². The summed E-state index contributed by atoms with van der Waals surface area (Å²) in [6, 6.07) is 5.78. The number of fused-ring (bicyclic) bond motifs is 1. The molecule has 1 aromatic carbocycles. The summed E-state index contributed by atoms with van der Waals surface area (Å²) < 4.78 is 19.3. The average molecular weight is 390 g/mol. The number of methoxy groups -OCH3 is 1. The number of aryl methyl sites for hydroxylation is 1. The van der Waals surface area contributed by atoms with Crippen molar-refractivity contribution in [2.75, 3.05) is 13.7 Å². The van der Waals surface area contributed by atoms with Crippen molar-refractivity contribution in [1.82, 2.24) is 4.57 Å². The smallest absolute Gasteiger partial charge is 0.297 e. The predicted octanol–water partition coefficient (Wildman–Crippen LogP) is 5.56. The second kappa shape index (κ2) is 11.0. The van der Waals surface area contributed by atoms with Gasteiger partial charge in [-0.3, -0.25) is 4.79 Å². The van der Waals surface area contributed by atoms with Gasteiger partial charge < -0.3 is 18.8 Å². The zero-order valence-corrected chi connectivity index (χ0v) is 18.0. The van der Waals surface area contributed by atoms with Gasteiger partial charge in [0.1, 0.15) is 5.75 Å². The number of hydrogen-bond donors (Lipinski definition) is 0. The number of benzene rings is 1. The topological polar surface area (TPSA) is 49.7 Å². The van der Waals surface area contributed by atoms with Crippen LogP contribution in [0.4, 0.5) is 0 Å². The Balaban J connectivity index is 2.57. The zero-order chi connectivity index (χ0) is 20.5. The summed E-state index contributed by atoms with van der Waals surface area (Å²) >= 11 is 0. The fraction of sp³-hybridized carbons (Fsp3) is 0.609. The Labute approximate surface area is 168 Å². The molecule has 0 spiro atoms. The van der Waals surface area contributed by atoms with E-state index in [0.717, 1.165) is 42.3 Å². The summed E-state index contributed by atoms with van der Waals surface area (Å²) in [5, 5.41) is 0.891. The third-order valence-electron chi connectivity index (χ3n) is 4.72. The summed E-state index contributed by atoms with van der Waals surface area (Å²) in [6.07, 6.45) is 6.28. The summed E-state index contributed by atoms with van der Waals surface area (Å²) in [6.45, 7) is 9.38. The quantitative estimate of drug-likeness (QED) is 0.446. The van der Waals surface area contributed by atoms with Gasteiger partial charge in [-0.05, 0) is 38.8 Å². The largest absolute Gasteiger partial charge is 0.497 e. The van der Waals surface area contributed by atoms with Crippen LogP contribution in [0.3, 0.4) is 0 Å². The standard InChI is InChI=1S/C23H35NO4/c1-6-8-10-11-15-27-21-19-13-12-18(26-5)16-20(19)24(14-9-7-2)23(25)22(21)28-17(3)4/h12-13,16-17H,6-11,14-15H2,1-5H3. The molecule has 5 heteroatoms. The summed E-state index contributed by atoms with van der Waals surface area (Å²) in [4.78, 5) is 13.3. The molecular weight excluding hydrogens is 354 g/mol. The number of aromatic nitrogens is 1. The van der Waals surface area contributed by atoms with Gasteiger partial charge >= 0.3 is 0 Å². The van der Waals surface area contributed by atoms with Crippen LogP contribution in [-0.2, 0) is 6.54 Å². The first-order valence-corrected chi connectivity index (χ1v) is 10.6.